The van der Waals surface area contributed by atoms with Crippen molar-refractivity contribution in [2.45, 2.75) is 118 Å². The fourth-order valence-corrected chi connectivity index (χ4v) is 5.89. The number of hydrogen-bond donors (Lipinski definition) is 0. The lowest BCUT2D eigenvalue weighted by atomic mass is 9.76. The predicted octanol–water partition coefficient (Wildman–Crippen LogP) is 10.6. The molecule has 0 fully saturated rings. The molecule has 5 heteroatoms. The first kappa shape index (κ1) is 33.9. The van der Waals surface area contributed by atoms with E-state index in [1.54, 1.807) is 11.8 Å². The van der Waals surface area contributed by atoms with Crippen LogP contribution in [0.1, 0.15) is 116 Å². The van der Waals surface area contributed by atoms with Gasteiger partial charge in [0.25, 0.3) is 0 Å². The van der Waals surface area contributed by atoms with E-state index < -0.39 is 0 Å². The fraction of sp³-hybridized carbons (Fsp3) is 0.568. The molecule has 1 unspecified atom stereocenters. The van der Waals surface area contributed by atoms with Crippen molar-refractivity contribution >= 4 is 29.4 Å². The van der Waals surface area contributed by atoms with Gasteiger partial charge in [0.15, 0.2) is 0 Å². The smallest absolute Gasteiger partial charge is 0.224 e. The molecule has 4 nitrogen and oxygen atoms in total. The number of dihydropyridines is 1. The summed E-state index contributed by atoms with van der Waals surface area (Å²) in [6.07, 6.45) is 20.8. The molecule has 0 saturated carbocycles. The van der Waals surface area contributed by atoms with Gasteiger partial charge >= 0.3 is 0 Å². The van der Waals surface area contributed by atoms with Crippen molar-refractivity contribution in [1.82, 2.24) is 0 Å². The van der Waals surface area contributed by atoms with Crippen LogP contribution < -0.4 is 9.64 Å². The second-order valence-electron chi connectivity index (χ2n) is 12.4. The summed E-state index contributed by atoms with van der Waals surface area (Å²) in [5, 5.41) is 0.595. The topological polar surface area (TPSA) is 41.9 Å². The quantitative estimate of drug-likeness (QED) is 0.152. The van der Waals surface area contributed by atoms with Crippen LogP contribution in [0.5, 0.6) is 5.75 Å². The summed E-state index contributed by atoms with van der Waals surface area (Å²) in [6.45, 7) is 10.3. The average Bonchev–Trinajstić information content (AvgIpc) is 2.97. The van der Waals surface area contributed by atoms with Crippen molar-refractivity contribution in [3.8, 4) is 5.75 Å². The monoisotopic (exact) mass is 592 g/mol. The molecule has 2 aromatic carbocycles. The zero-order valence-electron chi connectivity index (χ0n) is 26.6. The fourth-order valence-electron chi connectivity index (χ4n) is 5.64. The maximum atomic E-state index is 12.6. The maximum absolute atomic E-state index is 12.6. The number of rotatable bonds is 19. The van der Waals surface area contributed by atoms with Gasteiger partial charge in [0.1, 0.15) is 5.75 Å². The molecule has 42 heavy (non-hydrogen) atoms. The van der Waals surface area contributed by atoms with Crippen molar-refractivity contribution in [3.05, 3.63) is 70.3 Å². The van der Waals surface area contributed by atoms with Crippen LogP contribution in [0.4, 0.5) is 5.69 Å². The highest BCUT2D eigenvalue weighted by molar-refractivity contribution is 6.32. The van der Waals surface area contributed by atoms with Crippen LogP contribution in [0.15, 0.2) is 59.1 Å². The first-order valence-electron chi connectivity index (χ1n) is 16.3. The number of aliphatic imine (C=N–C) groups is 1. The molecule has 1 aliphatic heterocycles. The van der Waals surface area contributed by atoms with E-state index in [4.69, 9.17) is 16.3 Å². The molecule has 0 spiro atoms. The van der Waals surface area contributed by atoms with E-state index in [2.05, 4.69) is 44.0 Å². The van der Waals surface area contributed by atoms with E-state index in [0.717, 1.165) is 30.6 Å². The van der Waals surface area contributed by atoms with E-state index in [9.17, 15) is 4.79 Å². The molecule has 0 radical (unpaired) electrons. The largest absolute Gasteiger partial charge is 0.492 e. The lowest BCUT2D eigenvalue weighted by Gasteiger charge is -2.31. The van der Waals surface area contributed by atoms with E-state index in [0.29, 0.717) is 23.9 Å². The summed E-state index contributed by atoms with van der Waals surface area (Å²) in [4.78, 5) is 18.9. The van der Waals surface area contributed by atoms with Crippen LogP contribution in [0, 0.1) is 5.41 Å². The molecule has 3 rings (SSSR count). The van der Waals surface area contributed by atoms with E-state index in [1.807, 2.05) is 36.5 Å². The summed E-state index contributed by atoms with van der Waals surface area (Å²) >= 11 is 6.58. The number of benzene rings is 2. The van der Waals surface area contributed by atoms with Crippen LogP contribution in [-0.4, -0.2) is 25.3 Å². The summed E-state index contributed by atoms with van der Waals surface area (Å²) in [6, 6.07) is 14.2. The second-order valence-corrected chi connectivity index (χ2v) is 12.8. The molecule has 1 heterocycles. The normalized spacial score (nSPS) is 16.4. The number of amides is 1. The van der Waals surface area contributed by atoms with Crippen molar-refractivity contribution in [2.75, 3.05) is 18.1 Å². The number of ether oxygens (including phenoxy) is 1. The number of hydrogen-bond acceptors (Lipinski definition) is 3. The van der Waals surface area contributed by atoms with Crippen LogP contribution in [0.3, 0.4) is 0 Å². The second kappa shape index (κ2) is 18.2. The number of nitrogens with zero attached hydrogens (tertiary/aromatic N) is 2. The van der Waals surface area contributed by atoms with Gasteiger partial charge < -0.3 is 9.64 Å². The van der Waals surface area contributed by atoms with Gasteiger partial charge in [0.2, 0.25) is 5.91 Å². The van der Waals surface area contributed by atoms with Crippen LogP contribution in [0.2, 0.25) is 5.02 Å². The first-order chi connectivity index (χ1) is 20.3. The van der Waals surface area contributed by atoms with Gasteiger partial charge in [-0.1, -0.05) is 120 Å². The van der Waals surface area contributed by atoms with Gasteiger partial charge in [-0.2, -0.15) is 0 Å². The van der Waals surface area contributed by atoms with Gasteiger partial charge in [0.05, 0.1) is 18.2 Å². The highest BCUT2D eigenvalue weighted by Crippen LogP contribution is 2.34. The van der Waals surface area contributed by atoms with Gasteiger partial charge in [-0.25, -0.2) is 0 Å². The molecule has 1 amide bonds. The molecule has 0 N–H and O–H groups in total. The molecule has 0 saturated heterocycles. The highest BCUT2D eigenvalue weighted by Gasteiger charge is 2.28. The van der Waals surface area contributed by atoms with Crippen LogP contribution in [0.25, 0.3) is 0 Å². The molecule has 0 bridgehead atoms. The maximum Gasteiger partial charge on any atom is 0.224 e. The molecule has 230 valence electrons. The number of allylic oxidation sites excluding steroid dienone is 1. The number of carbonyl (C=O) groups excluding carboxylic acids is 1. The Morgan fingerprint density at radius 2 is 1.50 bits per heavy atom. The Kier molecular flexibility index (Phi) is 14.7. The number of unbranched alkanes of at least 4 members (excludes halogenated alkanes) is 11. The highest BCUT2D eigenvalue weighted by atomic mass is 35.5. The third-order valence-electron chi connectivity index (χ3n) is 8.64. The summed E-state index contributed by atoms with van der Waals surface area (Å²) < 4.78 is 5.99. The summed E-state index contributed by atoms with van der Waals surface area (Å²) in [5.41, 5.74) is 4.49. The Labute approximate surface area is 260 Å². The zero-order valence-corrected chi connectivity index (χ0v) is 27.4. The van der Waals surface area contributed by atoms with Crippen LogP contribution >= 0.6 is 11.6 Å². The van der Waals surface area contributed by atoms with Gasteiger partial charge in [-0.3, -0.25) is 9.79 Å². The number of halogens is 1. The number of carbonyl (C=O) groups is 1. The summed E-state index contributed by atoms with van der Waals surface area (Å²) in [5.74, 6) is 0.714. The lowest BCUT2D eigenvalue weighted by molar-refractivity contribution is -0.116. The standard InChI is InChI=1S/C37H53ClN2O2/c1-5-6-7-8-9-10-11-12-13-14-15-16-25-42-36-22-19-33(26-35(36)38)28-40(31(3)41)34-20-17-32(18-21-34)27-37(4)29-39-24-23-30(37)2/h17-24,26H,5-16,25,27-29H2,1-4H3. The molecule has 2 aromatic rings. The van der Waals surface area contributed by atoms with Crippen molar-refractivity contribution in [2.24, 2.45) is 10.4 Å². The molecule has 0 aromatic heterocycles. The Morgan fingerprint density at radius 3 is 2.07 bits per heavy atom. The third-order valence-corrected chi connectivity index (χ3v) is 8.93. The molecular formula is C37H53ClN2O2. The SMILES string of the molecule is CCCCCCCCCCCCCCOc1ccc(CN(C(C)=O)c2ccc(CC3(C)CN=CC=C3C)cc2)cc1Cl. The minimum atomic E-state index is -0.00136. The van der Waals surface area contributed by atoms with E-state index >= 15 is 0 Å². The van der Waals surface area contributed by atoms with Crippen molar-refractivity contribution in [3.63, 3.8) is 0 Å². The minimum Gasteiger partial charge on any atom is -0.492 e. The Hall–Kier alpha value is -2.59. The first-order valence-corrected chi connectivity index (χ1v) is 16.7. The average molecular weight is 593 g/mol. The summed E-state index contributed by atoms with van der Waals surface area (Å²) in [7, 11) is 0. The Balaban J connectivity index is 1.40. The number of anilines is 1. The Bertz CT molecular complexity index is 1160. The van der Waals surface area contributed by atoms with Gasteiger partial charge in [-0.05, 0) is 61.2 Å². The van der Waals surface area contributed by atoms with Gasteiger partial charge in [-0.15, -0.1) is 0 Å². The zero-order chi connectivity index (χ0) is 30.2. The molecular weight excluding hydrogens is 540 g/mol. The molecule has 1 atom stereocenters. The van der Waals surface area contributed by atoms with Gasteiger partial charge in [0, 0.05) is 30.8 Å². The minimum absolute atomic E-state index is 0.00136. The van der Waals surface area contributed by atoms with E-state index in [1.165, 1.54) is 81.8 Å². The third kappa shape index (κ3) is 11.2. The Morgan fingerprint density at radius 1 is 0.905 bits per heavy atom. The lowest BCUT2D eigenvalue weighted by Crippen LogP contribution is -2.28. The van der Waals surface area contributed by atoms with Crippen molar-refractivity contribution < 1.29 is 9.53 Å². The van der Waals surface area contributed by atoms with E-state index in [-0.39, 0.29) is 11.3 Å². The van der Waals surface area contributed by atoms with Crippen molar-refractivity contribution in [1.29, 1.82) is 0 Å². The predicted molar refractivity (Wildman–Crippen MR) is 180 cm³/mol. The molecule has 1 aliphatic rings. The molecule has 0 aliphatic carbocycles. The van der Waals surface area contributed by atoms with Crippen LogP contribution in [-0.2, 0) is 17.8 Å².